The van der Waals surface area contributed by atoms with Crippen LogP contribution in [0.5, 0.6) is 5.75 Å². The van der Waals surface area contributed by atoms with E-state index in [4.69, 9.17) is 0 Å². The average Bonchev–Trinajstić information content (AvgIpc) is 3.10. The van der Waals surface area contributed by atoms with Crippen LogP contribution in [0.15, 0.2) is 127 Å². The number of hydrogen-bond donors (Lipinski definition) is 1. The Bertz CT molecular complexity index is 1960. The molecule has 0 aliphatic heterocycles. The Morgan fingerprint density at radius 1 is 0.500 bits per heavy atom. The zero-order valence-electron chi connectivity index (χ0n) is 28.7. The summed E-state index contributed by atoms with van der Waals surface area (Å²) in [5.74, 6) is 1.51. The van der Waals surface area contributed by atoms with E-state index in [9.17, 15) is 5.11 Å². The molecule has 6 aromatic rings. The van der Waals surface area contributed by atoms with Crippen molar-refractivity contribution in [2.45, 2.75) is 59.3 Å². The predicted molar refractivity (Wildman–Crippen MR) is 219 cm³/mol. The molecule has 6 rings (SSSR count). The van der Waals surface area contributed by atoms with E-state index in [1.54, 1.807) is 0 Å². The van der Waals surface area contributed by atoms with Gasteiger partial charge in [0.2, 0.25) is 0 Å². The lowest BCUT2D eigenvalue weighted by molar-refractivity contribution is 0.476. The monoisotopic (exact) mass is 758 g/mol. The predicted octanol–water partition coefficient (Wildman–Crippen LogP) is 12.7. The summed E-state index contributed by atoms with van der Waals surface area (Å²) in [6.07, 6.45) is 0. The van der Waals surface area contributed by atoms with Crippen molar-refractivity contribution in [2.75, 3.05) is 0 Å². The summed E-state index contributed by atoms with van der Waals surface area (Å²) < 4.78 is 0.873. The lowest BCUT2D eigenvalue weighted by atomic mass is 9.80. The van der Waals surface area contributed by atoms with Crippen LogP contribution in [0.3, 0.4) is 0 Å². The quantitative estimate of drug-likeness (QED) is 0.115. The highest BCUT2D eigenvalue weighted by molar-refractivity contribution is 14.1. The van der Waals surface area contributed by atoms with Gasteiger partial charge >= 0.3 is 0 Å². The van der Waals surface area contributed by atoms with Crippen molar-refractivity contribution in [3.63, 3.8) is 0 Å². The van der Waals surface area contributed by atoms with Gasteiger partial charge in [-0.15, -0.1) is 0 Å². The van der Waals surface area contributed by atoms with Crippen molar-refractivity contribution < 1.29 is 5.11 Å². The first-order valence-electron chi connectivity index (χ1n) is 17.0. The number of aromatic hydroxyl groups is 1. The Hall–Kier alpha value is -3.72. The summed E-state index contributed by atoms with van der Waals surface area (Å²) in [5, 5.41) is 13.7. The fourth-order valence-corrected chi connectivity index (χ4v) is 8.82. The molecule has 0 aliphatic carbocycles. The fourth-order valence-electron chi connectivity index (χ4n) is 6.68. The molecule has 0 heterocycles. The molecular formula is C45H44IOP. The number of halogens is 1. The number of phenolic OH excluding ortho intramolecular Hbond substituents is 1. The van der Waals surface area contributed by atoms with Crippen molar-refractivity contribution in [3.8, 4) is 50.3 Å². The maximum Gasteiger partial charge on any atom is 0.136 e. The SMILES string of the molecule is CC(C)c1cc(C(C)C)c(-c2cccc(-c3c(-c4ccccc4)cccc3-c3ccccc3)c2Pc2cccc(I)c2O)c(C(C)C)c1. The highest BCUT2D eigenvalue weighted by Crippen LogP contribution is 2.45. The molecule has 1 N–H and O–H groups in total. The van der Waals surface area contributed by atoms with E-state index in [0.29, 0.717) is 23.5 Å². The van der Waals surface area contributed by atoms with Gasteiger partial charge < -0.3 is 5.11 Å². The number of benzene rings is 6. The molecule has 0 radical (unpaired) electrons. The first kappa shape index (κ1) is 34.2. The molecule has 1 unspecified atom stereocenters. The molecule has 48 heavy (non-hydrogen) atoms. The van der Waals surface area contributed by atoms with Crippen LogP contribution in [0.2, 0.25) is 0 Å². The van der Waals surface area contributed by atoms with E-state index < -0.39 is 0 Å². The molecule has 0 bridgehead atoms. The van der Waals surface area contributed by atoms with Gasteiger partial charge in [0.25, 0.3) is 0 Å². The molecule has 0 aliphatic rings. The van der Waals surface area contributed by atoms with Crippen molar-refractivity contribution in [1.82, 2.24) is 0 Å². The van der Waals surface area contributed by atoms with Crippen LogP contribution in [-0.2, 0) is 0 Å². The molecule has 0 saturated heterocycles. The van der Waals surface area contributed by atoms with Gasteiger partial charge in [-0.1, -0.05) is 171 Å². The first-order valence-corrected chi connectivity index (χ1v) is 19.0. The van der Waals surface area contributed by atoms with Crippen LogP contribution in [0.4, 0.5) is 0 Å². The molecule has 0 amide bonds. The van der Waals surface area contributed by atoms with Crippen LogP contribution in [-0.4, -0.2) is 5.11 Å². The van der Waals surface area contributed by atoms with Gasteiger partial charge in [0.05, 0.1) is 3.57 Å². The average molecular weight is 759 g/mol. The summed E-state index contributed by atoms with van der Waals surface area (Å²) in [6.45, 7) is 13.9. The van der Waals surface area contributed by atoms with Crippen LogP contribution in [0.25, 0.3) is 44.5 Å². The van der Waals surface area contributed by atoms with Gasteiger partial charge in [0, 0.05) is 5.30 Å². The number of rotatable bonds is 9. The summed E-state index contributed by atoms with van der Waals surface area (Å²) in [4.78, 5) is 0. The minimum Gasteiger partial charge on any atom is -0.506 e. The summed E-state index contributed by atoms with van der Waals surface area (Å²) in [5.41, 5.74) is 14.0. The standard InChI is InChI=1S/C45H44IOP/c1-28(2)33-26-38(29(3)4)43(39(27-33)30(5)6)37-23-14-22-36(45(37)48-41-25-15-24-40(46)44(41)47)42-34(31-16-9-7-10-17-31)20-13-21-35(42)32-18-11-8-12-19-32/h7-30,47-48H,1-6H3. The molecule has 1 nitrogen and oxygen atoms in total. The zero-order valence-corrected chi connectivity index (χ0v) is 31.8. The second kappa shape index (κ2) is 14.8. The molecule has 0 aromatic heterocycles. The minimum absolute atomic E-state index is 0.246. The Labute approximate surface area is 302 Å². The lowest BCUT2D eigenvalue weighted by Gasteiger charge is -2.27. The van der Waals surface area contributed by atoms with Gasteiger partial charge in [-0.25, -0.2) is 0 Å². The normalized spacial score (nSPS) is 11.8. The van der Waals surface area contributed by atoms with Gasteiger partial charge in [0.1, 0.15) is 5.75 Å². The van der Waals surface area contributed by atoms with Crippen LogP contribution in [0, 0.1) is 3.57 Å². The highest BCUT2D eigenvalue weighted by Gasteiger charge is 2.25. The smallest absolute Gasteiger partial charge is 0.136 e. The van der Waals surface area contributed by atoms with Crippen LogP contribution < -0.4 is 10.6 Å². The molecule has 1 atom stereocenters. The van der Waals surface area contributed by atoms with Crippen LogP contribution in [0.1, 0.15) is 76.0 Å². The molecular weight excluding hydrogens is 714 g/mol. The largest absolute Gasteiger partial charge is 0.506 e. The van der Waals surface area contributed by atoms with Gasteiger partial charge in [-0.05, 0) is 113 Å². The van der Waals surface area contributed by atoms with Crippen molar-refractivity contribution >= 4 is 41.8 Å². The summed E-state index contributed by atoms with van der Waals surface area (Å²) in [7, 11) is 0.246. The van der Waals surface area contributed by atoms with Gasteiger partial charge in [-0.3, -0.25) is 0 Å². The Balaban J connectivity index is 1.76. The molecule has 3 heteroatoms. The zero-order chi connectivity index (χ0) is 33.9. The molecule has 242 valence electrons. The number of hydrogen-bond acceptors (Lipinski definition) is 1. The highest BCUT2D eigenvalue weighted by atomic mass is 127. The maximum absolute atomic E-state index is 11.4. The van der Waals surface area contributed by atoms with Crippen molar-refractivity contribution in [3.05, 3.63) is 148 Å². The van der Waals surface area contributed by atoms with Crippen molar-refractivity contribution in [2.24, 2.45) is 0 Å². The number of para-hydroxylation sites is 1. The van der Waals surface area contributed by atoms with E-state index in [-0.39, 0.29) is 8.58 Å². The Kier molecular flexibility index (Phi) is 10.5. The van der Waals surface area contributed by atoms with E-state index in [0.717, 1.165) is 8.87 Å². The first-order chi connectivity index (χ1) is 23.2. The molecule has 6 aromatic carbocycles. The molecule has 0 spiro atoms. The van der Waals surface area contributed by atoms with E-state index in [2.05, 4.69) is 185 Å². The lowest BCUT2D eigenvalue weighted by Crippen LogP contribution is -2.14. The van der Waals surface area contributed by atoms with Crippen molar-refractivity contribution in [1.29, 1.82) is 0 Å². The third-order valence-corrected chi connectivity index (χ3v) is 11.5. The third kappa shape index (κ3) is 6.89. The fraction of sp³-hybridized carbons (Fsp3) is 0.200. The third-order valence-electron chi connectivity index (χ3n) is 9.22. The summed E-state index contributed by atoms with van der Waals surface area (Å²) in [6, 6.07) is 46.1. The minimum atomic E-state index is 0.246. The van der Waals surface area contributed by atoms with Crippen LogP contribution >= 0.6 is 31.2 Å². The Morgan fingerprint density at radius 2 is 0.958 bits per heavy atom. The summed E-state index contributed by atoms with van der Waals surface area (Å²) >= 11 is 2.25. The van der Waals surface area contributed by atoms with E-state index in [1.807, 2.05) is 6.07 Å². The molecule has 0 fully saturated rings. The maximum atomic E-state index is 11.4. The molecule has 0 saturated carbocycles. The second-order valence-corrected chi connectivity index (χ2v) is 15.9. The van der Waals surface area contributed by atoms with E-state index in [1.165, 1.54) is 66.5 Å². The topological polar surface area (TPSA) is 20.2 Å². The number of phenols is 1. The van der Waals surface area contributed by atoms with Gasteiger partial charge in [-0.2, -0.15) is 0 Å². The second-order valence-electron chi connectivity index (χ2n) is 13.5. The van der Waals surface area contributed by atoms with E-state index >= 15 is 0 Å². The Morgan fingerprint density at radius 3 is 1.44 bits per heavy atom. The van der Waals surface area contributed by atoms with Gasteiger partial charge in [0.15, 0.2) is 0 Å².